The van der Waals surface area contributed by atoms with Crippen LogP contribution in [0.2, 0.25) is 0 Å². The Morgan fingerprint density at radius 2 is 1.62 bits per heavy atom. The fraction of sp³-hybridized carbons (Fsp3) is 0.308. The molecule has 0 aliphatic carbocycles. The molecule has 2 heterocycles. The average molecular weight is 449 g/mol. The molecule has 2 saturated heterocycles. The van der Waals surface area contributed by atoms with E-state index in [2.05, 4.69) is 24.3 Å². The number of hydrogen-bond donors (Lipinski definition) is 0. The summed E-state index contributed by atoms with van der Waals surface area (Å²) in [6.07, 6.45) is 0.699. The van der Waals surface area contributed by atoms with Crippen LogP contribution in [0.4, 0.5) is 0 Å². The predicted octanol–water partition coefficient (Wildman–Crippen LogP) is 4.66. The molecule has 2 fully saturated rings. The summed E-state index contributed by atoms with van der Waals surface area (Å²) >= 11 is 0. The second-order valence-corrected chi connectivity index (χ2v) is 10.6. The van der Waals surface area contributed by atoms with Crippen LogP contribution in [0.15, 0.2) is 83.8 Å². The van der Waals surface area contributed by atoms with Gasteiger partial charge in [0.25, 0.3) is 0 Å². The maximum absolute atomic E-state index is 13.9. The average Bonchev–Trinajstić information content (AvgIpc) is 3.19. The molecule has 3 aromatic carbocycles. The van der Waals surface area contributed by atoms with Crippen molar-refractivity contribution < 1.29 is 13.3 Å². The molecule has 0 N–H and O–H groups in total. The summed E-state index contributed by atoms with van der Waals surface area (Å²) in [4.78, 5) is 6.16. The largest absolute Gasteiger partial charge is 0.299 e. The van der Waals surface area contributed by atoms with Gasteiger partial charge in [0.05, 0.1) is 17.5 Å². The highest BCUT2D eigenvalue weighted by molar-refractivity contribution is 7.89. The molecule has 3 atom stereocenters. The molecular formula is C26H28N2O3S. The Labute approximate surface area is 190 Å². The van der Waals surface area contributed by atoms with Crippen LogP contribution < -0.4 is 0 Å². The molecule has 166 valence electrons. The first-order chi connectivity index (χ1) is 15.4. The van der Waals surface area contributed by atoms with Crippen LogP contribution in [-0.2, 0) is 14.9 Å². The number of benzene rings is 3. The molecule has 0 bridgehead atoms. The van der Waals surface area contributed by atoms with Gasteiger partial charge in [0, 0.05) is 25.6 Å². The smallest absolute Gasteiger partial charge is 0.243 e. The minimum atomic E-state index is -3.66. The number of piperidine rings is 1. The van der Waals surface area contributed by atoms with E-state index < -0.39 is 10.0 Å². The molecule has 2 aliphatic rings. The molecule has 0 saturated carbocycles. The standard InChI is InChI=1S/C26H28N2O3S/c1-19-9-6-7-14-26(19)32(29,30)28-17-23-18-31-27(2)24(23)16-25(28)22-13-8-12-21(15-22)20-10-4-3-5-11-20/h3-15,23-25H,16-18H2,1-2H3/t23-,24-,25-/m0/s1. The van der Waals surface area contributed by atoms with Gasteiger partial charge in [-0.05, 0) is 47.7 Å². The SMILES string of the molecule is Cc1ccccc1S(=O)(=O)N1C[C@H]2CON(C)[C@H]2C[C@H]1c1cccc(-c2ccccc2)c1. The van der Waals surface area contributed by atoms with E-state index in [4.69, 9.17) is 4.84 Å². The van der Waals surface area contributed by atoms with E-state index in [1.807, 2.05) is 61.5 Å². The van der Waals surface area contributed by atoms with Crippen LogP contribution >= 0.6 is 0 Å². The first-order valence-electron chi connectivity index (χ1n) is 11.0. The summed E-state index contributed by atoms with van der Waals surface area (Å²) in [5, 5.41) is 1.91. The van der Waals surface area contributed by atoms with Crippen LogP contribution in [0.5, 0.6) is 0 Å². The second kappa shape index (κ2) is 8.45. The van der Waals surface area contributed by atoms with E-state index in [-0.39, 0.29) is 18.0 Å². The maximum Gasteiger partial charge on any atom is 0.243 e. The van der Waals surface area contributed by atoms with E-state index in [0.29, 0.717) is 24.5 Å². The Bertz CT molecular complexity index is 1210. The Hall–Kier alpha value is -2.51. The monoisotopic (exact) mass is 448 g/mol. The van der Waals surface area contributed by atoms with Gasteiger partial charge in [0.2, 0.25) is 10.0 Å². The highest BCUT2D eigenvalue weighted by Crippen LogP contribution is 2.42. The Balaban J connectivity index is 1.59. The number of fused-ring (bicyclic) bond motifs is 1. The van der Waals surface area contributed by atoms with Crippen LogP contribution in [-0.4, -0.2) is 44.0 Å². The number of sulfonamides is 1. The van der Waals surface area contributed by atoms with Crippen molar-refractivity contribution in [3.8, 4) is 11.1 Å². The van der Waals surface area contributed by atoms with Crippen molar-refractivity contribution in [3.63, 3.8) is 0 Å². The Morgan fingerprint density at radius 1 is 0.906 bits per heavy atom. The van der Waals surface area contributed by atoms with E-state index in [9.17, 15) is 8.42 Å². The normalized spacial score (nSPS) is 24.4. The zero-order valence-corrected chi connectivity index (χ0v) is 19.2. The molecule has 5 rings (SSSR count). The van der Waals surface area contributed by atoms with Crippen molar-refractivity contribution in [1.29, 1.82) is 0 Å². The third kappa shape index (κ3) is 3.77. The van der Waals surface area contributed by atoms with Crippen molar-refractivity contribution >= 4 is 10.0 Å². The molecular weight excluding hydrogens is 420 g/mol. The third-order valence-corrected chi connectivity index (χ3v) is 8.82. The summed E-state index contributed by atoms with van der Waals surface area (Å²) < 4.78 is 29.5. The molecule has 32 heavy (non-hydrogen) atoms. The maximum atomic E-state index is 13.9. The van der Waals surface area contributed by atoms with Gasteiger partial charge in [-0.3, -0.25) is 4.84 Å². The van der Waals surface area contributed by atoms with Gasteiger partial charge in [0.1, 0.15) is 0 Å². The van der Waals surface area contributed by atoms with E-state index in [1.54, 1.807) is 16.4 Å². The van der Waals surface area contributed by atoms with Gasteiger partial charge >= 0.3 is 0 Å². The van der Waals surface area contributed by atoms with Gasteiger partial charge < -0.3 is 0 Å². The van der Waals surface area contributed by atoms with E-state index >= 15 is 0 Å². The van der Waals surface area contributed by atoms with Crippen molar-refractivity contribution in [1.82, 2.24) is 9.37 Å². The number of hydrogen-bond acceptors (Lipinski definition) is 4. The topological polar surface area (TPSA) is 49.9 Å². The highest BCUT2D eigenvalue weighted by Gasteiger charge is 2.47. The third-order valence-electron chi connectivity index (χ3n) is 6.79. The van der Waals surface area contributed by atoms with Gasteiger partial charge in [-0.2, -0.15) is 9.37 Å². The molecule has 5 nitrogen and oxygen atoms in total. The summed E-state index contributed by atoms with van der Waals surface area (Å²) in [5.74, 6) is 0.160. The number of rotatable bonds is 4. The number of nitrogens with zero attached hydrogens (tertiary/aromatic N) is 2. The lowest BCUT2D eigenvalue weighted by Crippen LogP contribution is -2.49. The second-order valence-electron chi connectivity index (χ2n) is 8.75. The summed E-state index contributed by atoms with van der Waals surface area (Å²) in [6, 6.07) is 25.7. The first kappa shape index (κ1) is 21.3. The van der Waals surface area contributed by atoms with Crippen LogP contribution in [0.3, 0.4) is 0 Å². The lowest BCUT2D eigenvalue weighted by Gasteiger charge is -2.41. The fourth-order valence-corrected chi connectivity index (χ4v) is 6.94. The van der Waals surface area contributed by atoms with Crippen molar-refractivity contribution in [2.24, 2.45) is 5.92 Å². The summed E-state index contributed by atoms with van der Waals surface area (Å²) in [7, 11) is -1.71. The lowest BCUT2D eigenvalue weighted by atomic mass is 9.86. The van der Waals surface area contributed by atoms with Crippen LogP contribution in [0.25, 0.3) is 11.1 Å². The fourth-order valence-electron chi connectivity index (χ4n) is 5.03. The van der Waals surface area contributed by atoms with Gasteiger partial charge in [-0.1, -0.05) is 66.7 Å². The van der Waals surface area contributed by atoms with Crippen LogP contribution in [0.1, 0.15) is 23.6 Å². The van der Waals surface area contributed by atoms with Gasteiger partial charge in [-0.25, -0.2) is 8.42 Å². The van der Waals surface area contributed by atoms with Crippen molar-refractivity contribution in [2.75, 3.05) is 20.2 Å². The van der Waals surface area contributed by atoms with Crippen molar-refractivity contribution in [2.45, 2.75) is 30.3 Å². The summed E-state index contributed by atoms with van der Waals surface area (Å²) in [5.41, 5.74) is 4.00. The molecule has 0 aromatic heterocycles. The minimum absolute atomic E-state index is 0.160. The van der Waals surface area contributed by atoms with E-state index in [1.165, 1.54) is 0 Å². The molecule has 2 aliphatic heterocycles. The molecule has 0 unspecified atom stereocenters. The quantitative estimate of drug-likeness (QED) is 0.583. The highest BCUT2D eigenvalue weighted by atomic mass is 32.2. The molecule has 3 aromatic rings. The number of aryl methyl sites for hydroxylation is 1. The molecule has 0 radical (unpaired) electrons. The minimum Gasteiger partial charge on any atom is -0.299 e. The van der Waals surface area contributed by atoms with Crippen LogP contribution in [0, 0.1) is 12.8 Å². The first-order valence-corrected chi connectivity index (χ1v) is 12.5. The lowest BCUT2D eigenvalue weighted by molar-refractivity contribution is -0.113. The zero-order valence-electron chi connectivity index (χ0n) is 18.4. The molecule has 6 heteroatoms. The Morgan fingerprint density at radius 3 is 2.41 bits per heavy atom. The number of hydroxylamine groups is 2. The Kier molecular flexibility index (Phi) is 5.63. The van der Waals surface area contributed by atoms with Crippen molar-refractivity contribution in [3.05, 3.63) is 90.0 Å². The molecule has 0 spiro atoms. The van der Waals surface area contributed by atoms with E-state index in [0.717, 1.165) is 22.3 Å². The summed E-state index contributed by atoms with van der Waals surface area (Å²) in [6.45, 7) is 2.86. The van der Waals surface area contributed by atoms with Gasteiger partial charge in [-0.15, -0.1) is 0 Å². The predicted molar refractivity (Wildman–Crippen MR) is 125 cm³/mol. The molecule has 0 amide bonds. The zero-order chi connectivity index (χ0) is 22.3. The van der Waals surface area contributed by atoms with Gasteiger partial charge in [0.15, 0.2) is 0 Å².